The Balaban J connectivity index is 0.984. The van der Waals surface area contributed by atoms with Gasteiger partial charge < -0.3 is 18.3 Å². The molecule has 0 aliphatic heterocycles. The number of allylic oxidation sites excluding steroid dienone is 4. The Labute approximate surface area is 334 Å². The zero-order valence-electron chi connectivity index (χ0n) is 31.4. The van der Waals surface area contributed by atoms with Gasteiger partial charge >= 0.3 is 0 Å². The molecular weight excluding hydrogens is 711 g/mol. The lowest BCUT2D eigenvalue weighted by Gasteiger charge is -2.26. The summed E-state index contributed by atoms with van der Waals surface area (Å²) < 4.78 is 15.1. The summed E-state index contributed by atoms with van der Waals surface area (Å²) in [5, 5.41) is 6.89. The number of anilines is 3. The number of fused-ring (bicyclic) bond motifs is 9. The normalized spacial score (nSPS) is 14.2. The van der Waals surface area contributed by atoms with Gasteiger partial charge in [0.25, 0.3) is 0 Å². The van der Waals surface area contributed by atoms with E-state index in [1.807, 2.05) is 42.5 Å². The summed E-state index contributed by atoms with van der Waals surface area (Å²) in [7, 11) is 0. The molecule has 1 aliphatic rings. The van der Waals surface area contributed by atoms with Gasteiger partial charge in [-0.3, -0.25) is 0 Å². The Morgan fingerprint density at radius 2 is 1.22 bits per heavy atom. The smallest absolute Gasteiger partial charge is 0.227 e. The number of oxazole rings is 1. The number of hydrogen-bond donors (Lipinski definition) is 0. The fourth-order valence-electron chi connectivity index (χ4n) is 8.94. The fraction of sp³-hybridized carbons (Fsp3) is 0.0377. The van der Waals surface area contributed by atoms with Crippen molar-refractivity contribution >= 4 is 82.7 Å². The third-order valence-electron chi connectivity index (χ3n) is 11.7. The Bertz CT molecular complexity index is 3440. The predicted molar refractivity (Wildman–Crippen MR) is 239 cm³/mol. The van der Waals surface area contributed by atoms with E-state index in [9.17, 15) is 0 Å². The number of para-hydroxylation sites is 2. The van der Waals surface area contributed by atoms with Crippen LogP contribution in [0.4, 0.5) is 17.1 Å². The van der Waals surface area contributed by atoms with Crippen LogP contribution in [0.25, 0.3) is 88.2 Å². The molecule has 58 heavy (non-hydrogen) atoms. The number of hydrogen-bond acceptors (Lipinski definition) is 4. The third-order valence-corrected chi connectivity index (χ3v) is 11.7. The van der Waals surface area contributed by atoms with Gasteiger partial charge in [-0.1, -0.05) is 109 Å². The number of benzene rings is 8. The molecule has 1 aliphatic carbocycles. The van der Waals surface area contributed by atoms with Gasteiger partial charge in [-0.15, -0.1) is 0 Å². The molecule has 0 bridgehead atoms. The number of furan rings is 1. The molecule has 3 heterocycles. The quantitative estimate of drug-likeness (QED) is 0.170. The van der Waals surface area contributed by atoms with Gasteiger partial charge in [-0.05, 0) is 108 Å². The molecule has 0 spiro atoms. The first-order valence-electron chi connectivity index (χ1n) is 19.8. The molecule has 8 aromatic carbocycles. The van der Waals surface area contributed by atoms with Gasteiger partial charge in [0.15, 0.2) is 5.58 Å². The number of rotatable bonds is 6. The van der Waals surface area contributed by atoms with E-state index in [1.165, 1.54) is 21.8 Å². The monoisotopic (exact) mass is 745 g/mol. The topological polar surface area (TPSA) is 47.3 Å². The minimum Gasteiger partial charge on any atom is -0.456 e. The van der Waals surface area contributed by atoms with Crippen molar-refractivity contribution in [2.75, 3.05) is 4.90 Å². The lowest BCUT2D eigenvalue weighted by molar-refractivity contribution is 0.623. The molecule has 1 atom stereocenters. The van der Waals surface area contributed by atoms with E-state index in [0.717, 1.165) is 84.0 Å². The van der Waals surface area contributed by atoms with Crippen LogP contribution in [0.1, 0.15) is 12.5 Å². The summed E-state index contributed by atoms with van der Waals surface area (Å²) in [6.45, 7) is 0. The average Bonchev–Trinajstić information content (AvgIpc) is 3.99. The average molecular weight is 746 g/mol. The van der Waals surface area contributed by atoms with Gasteiger partial charge in [-0.25, -0.2) is 4.98 Å². The highest BCUT2D eigenvalue weighted by Crippen LogP contribution is 2.43. The molecule has 0 amide bonds. The Morgan fingerprint density at radius 3 is 2.10 bits per heavy atom. The molecular formula is C53H35N3O2. The summed E-state index contributed by atoms with van der Waals surface area (Å²) in [6.07, 6.45) is 9.85. The minimum atomic E-state index is 0.233. The van der Waals surface area contributed by atoms with Gasteiger partial charge in [0, 0.05) is 55.1 Å². The summed E-state index contributed by atoms with van der Waals surface area (Å²) in [6, 6.07) is 60.5. The minimum absolute atomic E-state index is 0.233. The molecule has 11 aromatic rings. The maximum atomic E-state index is 6.34. The van der Waals surface area contributed by atoms with Crippen LogP contribution in [-0.4, -0.2) is 9.55 Å². The highest BCUT2D eigenvalue weighted by molar-refractivity contribution is 6.10. The van der Waals surface area contributed by atoms with E-state index in [-0.39, 0.29) is 6.04 Å². The van der Waals surface area contributed by atoms with Gasteiger partial charge in [0.1, 0.15) is 16.7 Å². The standard InChI is InChI=1S/C53H35N3O2/c1-3-11-35(12-4-1)53-54-47-29-22-37-31-36(21-27-42(37)52(47)58-53)34-19-23-39(24-20-34)55(40-26-30-51-46(32-40)45-16-8-10-18-50(45)57-51)41-25-28-44-43-15-7-9-17-48(43)56(49(44)33-41)38-13-5-2-6-14-38/h1-13,15-33,38H,14H2. The van der Waals surface area contributed by atoms with Crippen molar-refractivity contribution in [1.82, 2.24) is 9.55 Å². The number of aromatic nitrogens is 2. The second kappa shape index (κ2) is 13.0. The lowest BCUT2D eigenvalue weighted by atomic mass is 10.00. The van der Waals surface area contributed by atoms with E-state index in [0.29, 0.717) is 5.89 Å². The van der Waals surface area contributed by atoms with E-state index in [2.05, 4.69) is 161 Å². The second-order valence-corrected chi connectivity index (χ2v) is 15.1. The molecule has 0 fully saturated rings. The summed E-state index contributed by atoms with van der Waals surface area (Å²) in [5.74, 6) is 0.635. The van der Waals surface area contributed by atoms with Gasteiger partial charge in [-0.2, -0.15) is 0 Å². The largest absolute Gasteiger partial charge is 0.456 e. The fourth-order valence-corrected chi connectivity index (χ4v) is 8.94. The third kappa shape index (κ3) is 5.21. The van der Waals surface area contributed by atoms with Crippen molar-refractivity contribution in [3.63, 3.8) is 0 Å². The Hall–Kier alpha value is -7.63. The molecule has 274 valence electrons. The zero-order valence-corrected chi connectivity index (χ0v) is 31.4. The van der Waals surface area contributed by atoms with Crippen LogP contribution in [0, 0.1) is 0 Å². The van der Waals surface area contributed by atoms with Crippen molar-refractivity contribution in [2.45, 2.75) is 12.5 Å². The number of nitrogens with zero attached hydrogens (tertiary/aromatic N) is 3. The maximum absolute atomic E-state index is 6.34. The van der Waals surface area contributed by atoms with Crippen LogP contribution in [-0.2, 0) is 0 Å². The zero-order chi connectivity index (χ0) is 38.2. The highest BCUT2D eigenvalue weighted by Gasteiger charge is 2.21. The molecule has 5 heteroatoms. The first-order valence-corrected chi connectivity index (χ1v) is 19.8. The van der Waals surface area contributed by atoms with Crippen molar-refractivity contribution in [2.24, 2.45) is 0 Å². The molecule has 5 nitrogen and oxygen atoms in total. The highest BCUT2D eigenvalue weighted by atomic mass is 16.3. The van der Waals surface area contributed by atoms with E-state index in [4.69, 9.17) is 13.8 Å². The van der Waals surface area contributed by atoms with Crippen LogP contribution in [0.3, 0.4) is 0 Å². The van der Waals surface area contributed by atoms with Crippen LogP contribution in [0.5, 0.6) is 0 Å². The molecule has 12 rings (SSSR count). The molecule has 0 radical (unpaired) electrons. The van der Waals surface area contributed by atoms with Crippen LogP contribution in [0.2, 0.25) is 0 Å². The van der Waals surface area contributed by atoms with Crippen LogP contribution < -0.4 is 4.90 Å². The molecule has 0 N–H and O–H groups in total. The summed E-state index contributed by atoms with van der Waals surface area (Å²) in [5.41, 5.74) is 12.4. The van der Waals surface area contributed by atoms with Gasteiger partial charge in [0.2, 0.25) is 5.89 Å². The van der Waals surface area contributed by atoms with E-state index < -0.39 is 0 Å². The van der Waals surface area contributed by atoms with Gasteiger partial charge in [0.05, 0.1) is 11.6 Å². The Morgan fingerprint density at radius 1 is 0.500 bits per heavy atom. The van der Waals surface area contributed by atoms with E-state index in [1.54, 1.807) is 0 Å². The van der Waals surface area contributed by atoms with Crippen molar-refractivity contribution < 1.29 is 8.83 Å². The molecule has 1 unspecified atom stereocenters. The molecule has 0 saturated heterocycles. The van der Waals surface area contributed by atoms with Crippen molar-refractivity contribution in [1.29, 1.82) is 0 Å². The van der Waals surface area contributed by atoms with Crippen LogP contribution in [0.15, 0.2) is 203 Å². The first kappa shape index (κ1) is 32.6. The summed E-state index contributed by atoms with van der Waals surface area (Å²) in [4.78, 5) is 7.16. The SMILES string of the molecule is C1=CCC(n2c3ccccc3c3ccc(N(c4ccc(-c5ccc6c(ccc7nc(-c8ccccc8)oc76)c5)cc4)c4ccc5oc6ccccc6c5c4)cc32)C=C1. The van der Waals surface area contributed by atoms with E-state index >= 15 is 0 Å². The summed E-state index contributed by atoms with van der Waals surface area (Å²) >= 11 is 0. The maximum Gasteiger partial charge on any atom is 0.227 e. The Kier molecular flexibility index (Phi) is 7.29. The molecule has 0 saturated carbocycles. The predicted octanol–water partition coefficient (Wildman–Crippen LogP) is 14.8. The molecule has 3 aromatic heterocycles. The second-order valence-electron chi connectivity index (χ2n) is 15.1. The van der Waals surface area contributed by atoms with Crippen molar-refractivity contribution in [3.8, 4) is 22.6 Å². The van der Waals surface area contributed by atoms with Crippen LogP contribution >= 0.6 is 0 Å². The van der Waals surface area contributed by atoms with Crippen molar-refractivity contribution in [3.05, 3.63) is 194 Å². The first-order chi connectivity index (χ1) is 28.7. The lowest BCUT2D eigenvalue weighted by Crippen LogP contribution is -2.11.